The Bertz CT molecular complexity index is 49.9. The van der Waals surface area contributed by atoms with Gasteiger partial charge in [-0.1, -0.05) is 33.6 Å². The molecular formula is C7H15Y-. The summed E-state index contributed by atoms with van der Waals surface area (Å²) < 4.78 is 0. The third-order valence-electron chi connectivity index (χ3n) is 1.56. The van der Waals surface area contributed by atoms with E-state index in [1.165, 1.54) is 0 Å². The van der Waals surface area contributed by atoms with Crippen LogP contribution in [-0.2, 0) is 32.7 Å². The smallest absolute Gasteiger partial charge is 0 e. The van der Waals surface area contributed by atoms with E-state index in [1.54, 1.807) is 0 Å². The quantitative estimate of drug-likeness (QED) is 0.554. The summed E-state index contributed by atoms with van der Waals surface area (Å²) in [6.45, 7) is 12.6. The van der Waals surface area contributed by atoms with E-state index in [0.29, 0.717) is 5.92 Å². The van der Waals surface area contributed by atoms with Gasteiger partial charge >= 0.3 is 0 Å². The fraction of sp³-hybridized carbons (Fsp3) is 0.857. The van der Waals surface area contributed by atoms with Crippen LogP contribution in [0.4, 0.5) is 0 Å². The van der Waals surface area contributed by atoms with E-state index in [-0.39, 0.29) is 38.1 Å². The third-order valence-corrected chi connectivity index (χ3v) is 1.56. The number of hydrogen-bond donors (Lipinski definition) is 0. The van der Waals surface area contributed by atoms with Crippen LogP contribution in [0.5, 0.6) is 0 Å². The van der Waals surface area contributed by atoms with Crippen molar-refractivity contribution in [2.75, 3.05) is 0 Å². The van der Waals surface area contributed by atoms with Crippen molar-refractivity contribution in [2.24, 2.45) is 11.3 Å². The molecule has 0 nitrogen and oxygen atoms in total. The molecule has 0 aliphatic heterocycles. The van der Waals surface area contributed by atoms with Gasteiger partial charge < -0.3 is 6.92 Å². The molecule has 0 saturated carbocycles. The average molecular weight is 188 g/mol. The maximum atomic E-state index is 3.97. The van der Waals surface area contributed by atoms with Gasteiger partial charge in [-0.3, -0.25) is 0 Å². The molecule has 0 rings (SSSR count). The Kier molecular flexibility index (Phi) is 5.93. The van der Waals surface area contributed by atoms with Gasteiger partial charge in [0.2, 0.25) is 0 Å². The van der Waals surface area contributed by atoms with E-state index < -0.39 is 0 Å². The first-order chi connectivity index (χ1) is 2.94. The molecule has 0 heterocycles. The summed E-state index contributed by atoms with van der Waals surface area (Å²) in [5.41, 5.74) is 0.250. The maximum Gasteiger partial charge on any atom is 0 e. The van der Waals surface area contributed by atoms with E-state index in [1.807, 2.05) is 0 Å². The summed E-state index contributed by atoms with van der Waals surface area (Å²) in [7, 11) is 0. The van der Waals surface area contributed by atoms with Crippen molar-refractivity contribution in [3.05, 3.63) is 6.92 Å². The molecule has 0 bridgehead atoms. The first kappa shape index (κ1) is 11.8. The Morgan fingerprint density at radius 3 is 1.38 bits per heavy atom. The maximum absolute atomic E-state index is 3.97. The van der Waals surface area contributed by atoms with Crippen LogP contribution in [-0.4, -0.2) is 0 Å². The molecule has 0 saturated heterocycles. The molecule has 0 amide bonds. The van der Waals surface area contributed by atoms with E-state index >= 15 is 0 Å². The Morgan fingerprint density at radius 1 is 1.25 bits per heavy atom. The molecule has 0 aromatic carbocycles. The van der Waals surface area contributed by atoms with Crippen molar-refractivity contribution in [3.63, 3.8) is 0 Å². The Labute approximate surface area is 78.3 Å². The van der Waals surface area contributed by atoms with E-state index in [0.717, 1.165) is 0 Å². The van der Waals surface area contributed by atoms with Crippen LogP contribution in [0.2, 0.25) is 0 Å². The zero-order chi connectivity index (χ0) is 6.08. The Balaban J connectivity index is 0. The van der Waals surface area contributed by atoms with Crippen molar-refractivity contribution < 1.29 is 32.7 Å². The zero-order valence-corrected chi connectivity index (χ0v) is 9.20. The summed E-state index contributed by atoms with van der Waals surface area (Å²) in [5, 5.41) is 0. The molecule has 47 valence electrons. The summed E-state index contributed by atoms with van der Waals surface area (Å²) >= 11 is 0. The zero-order valence-electron chi connectivity index (χ0n) is 6.36. The molecular weight excluding hydrogens is 173 g/mol. The van der Waals surface area contributed by atoms with E-state index in [2.05, 4.69) is 34.6 Å². The predicted molar refractivity (Wildman–Crippen MR) is 34.0 cm³/mol. The Morgan fingerprint density at radius 2 is 1.38 bits per heavy atom. The summed E-state index contributed by atoms with van der Waals surface area (Å²) in [6, 6.07) is 0. The molecule has 0 aromatic heterocycles. The second kappa shape index (κ2) is 4.01. The van der Waals surface area contributed by atoms with Gasteiger partial charge in [-0.25, -0.2) is 0 Å². The third kappa shape index (κ3) is 5.24. The first-order valence-electron chi connectivity index (χ1n) is 2.80. The average Bonchev–Trinajstić information content (AvgIpc) is 1.31. The van der Waals surface area contributed by atoms with Gasteiger partial charge in [0.1, 0.15) is 0 Å². The van der Waals surface area contributed by atoms with Crippen molar-refractivity contribution >= 4 is 0 Å². The molecule has 0 atom stereocenters. The minimum absolute atomic E-state index is 0. The second-order valence-corrected chi connectivity index (χ2v) is 3.14. The van der Waals surface area contributed by atoms with Crippen LogP contribution >= 0.6 is 0 Å². The van der Waals surface area contributed by atoms with Gasteiger partial charge in [0.15, 0.2) is 0 Å². The molecule has 0 spiro atoms. The van der Waals surface area contributed by atoms with E-state index in [4.69, 9.17) is 0 Å². The largest absolute Gasteiger partial charge is 0.337 e. The van der Waals surface area contributed by atoms with Gasteiger partial charge in [-0.15, -0.1) is 0 Å². The first-order valence-corrected chi connectivity index (χ1v) is 2.80. The molecule has 8 heavy (non-hydrogen) atoms. The van der Waals surface area contributed by atoms with Crippen LogP contribution in [0.3, 0.4) is 0 Å². The van der Waals surface area contributed by atoms with Crippen LogP contribution in [0.1, 0.15) is 27.7 Å². The van der Waals surface area contributed by atoms with Crippen molar-refractivity contribution in [1.29, 1.82) is 0 Å². The monoisotopic (exact) mass is 188 g/mol. The normalized spacial score (nSPS) is 11.2. The standard InChI is InChI=1S/C7H15.Y/c1-6(2)7(3,4)5;/h6H,3H2,1-2,4-5H3;/q-1;. The van der Waals surface area contributed by atoms with Gasteiger partial charge in [0.25, 0.3) is 0 Å². The molecule has 0 aromatic rings. The van der Waals surface area contributed by atoms with E-state index in [9.17, 15) is 0 Å². The van der Waals surface area contributed by atoms with Crippen LogP contribution in [0.15, 0.2) is 0 Å². The molecule has 1 radical (unpaired) electrons. The fourth-order valence-electron chi connectivity index (χ4n) is 0. The number of hydrogen-bond acceptors (Lipinski definition) is 0. The summed E-state index contributed by atoms with van der Waals surface area (Å²) in [5.74, 6) is 0.687. The van der Waals surface area contributed by atoms with Crippen LogP contribution < -0.4 is 0 Å². The van der Waals surface area contributed by atoms with Crippen LogP contribution in [0, 0.1) is 18.3 Å². The summed E-state index contributed by atoms with van der Waals surface area (Å²) in [6.07, 6.45) is 0. The minimum Gasteiger partial charge on any atom is -0.337 e. The molecule has 0 aliphatic carbocycles. The van der Waals surface area contributed by atoms with Gasteiger partial charge in [-0.05, 0) is 0 Å². The Hall–Kier alpha value is 1.10. The van der Waals surface area contributed by atoms with Crippen molar-refractivity contribution in [1.82, 2.24) is 0 Å². The fourth-order valence-corrected chi connectivity index (χ4v) is 0. The number of rotatable bonds is 1. The van der Waals surface area contributed by atoms with Gasteiger partial charge in [0, 0.05) is 32.7 Å². The SMILES string of the molecule is [CH2-]C(C)(C)C(C)C.[Y]. The molecule has 0 N–H and O–H groups in total. The van der Waals surface area contributed by atoms with Crippen molar-refractivity contribution in [2.45, 2.75) is 27.7 Å². The van der Waals surface area contributed by atoms with Gasteiger partial charge in [0.05, 0.1) is 0 Å². The minimum atomic E-state index is 0. The molecule has 0 fully saturated rings. The topological polar surface area (TPSA) is 0 Å². The van der Waals surface area contributed by atoms with Crippen molar-refractivity contribution in [3.8, 4) is 0 Å². The summed E-state index contributed by atoms with van der Waals surface area (Å²) in [4.78, 5) is 0. The van der Waals surface area contributed by atoms with Crippen LogP contribution in [0.25, 0.3) is 0 Å². The van der Waals surface area contributed by atoms with Gasteiger partial charge in [-0.2, -0.15) is 5.41 Å². The molecule has 0 unspecified atom stereocenters. The molecule has 0 aliphatic rings. The second-order valence-electron chi connectivity index (χ2n) is 3.14. The molecule has 1 heteroatoms. The predicted octanol–water partition coefficient (Wildman–Crippen LogP) is 2.50.